The lowest BCUT2D eigenvalue weighted by molar-refractivity contribution is -0.142. The van der Waals surface area contributed by atoms with Crippen molar-refractivity contribution in [3.8, 4) is 0 Å². The van der Waals surface area contributed by atoms with E-state index in [1.165, 1.54) is 0 Å². The Balaban J connectivity index is 5.25. The monoisotopic (exact) mass is 326 g/mol. The van der Waals surface area contributed by atoms with Gasteiger partial charge in [0.05, 0.1) is 13.2 Å². The van der Waals surface area contributed by atoms with E-state index in [9.17, 15) is 9.59 Å². The molecule has 0 unspecified atom stereocenters. The first-order chi connectivity index (χ1) is 11.0. The summed E-state index contributed by atoms with van der Waals surface area (Å²) < 4.78 is 10.7. The van der Waals surface area contributed by atoms with Crippen molar-refractivity contribution in [3.63, 3.8) is 0 Å². The van der Waals surface area contributed by atoms with Gasteiger partial charge < -0.3 is 9.47 Å². The van der Waals surface area contributed by atoms with E-state index in [0.29, 0.717) is 37.2 Å². The van der Waals surface area contributed by atoms with Gasteiger partial charge in [0.2, 0.25) is 0 Å². The number of unbranched alkanes of at least 4 members (excludes halogenated alkanes) is 2. The Morgan fingerprint density at radius 2 is 1.26 bits per heavy atom. The van der Waals surface area contributed by atoms with Gasteiger partial charge in [0, 0.05) is 11.1 Å². The van der Waals surface area contributed by atoms with Crippen molar-refractivity contribution in [1.29, 1.82) is 0 Å². The van der Waals surface area contributed by atoms with E-state index in [1.54, 1.807) is 0 Å². The van der Waals surface area contributed by atoms with Crippen LogP contribution in [0.1, 0.15) is 79.6 Å². The summed E-state index contributed by atoms with van der Waals surface area (Å²) in [4.78, 5) is 24.8. The van der Waals surface area contributed by atoms with Crippen LogP contribution in [0.2, 0.25) is 0 Å². The van der Waals surface area contributed by atoms with Crippen molar-refractivity contribution in [2.45, 2.75) is 79.6 Å². The molecule has 134 valence electrons. The summed E-state index contributed by atoms with van der Waals surface area (Å²) in [5.74, 6) is -0.439. The second kappa shape index (κ2) is 13.1. The molecule has 4 heteroatoms. The van der Waals surface area contributed by atoms with Crippen LogP contribution in [0, 0.1) is 5.92 Å². The summed E-state index contributed by atoms with van der Waals surface area (Å²) in [6.45, 7) is 11.0. The Hall–Kier alpha value is -1.32. The van der Waals surface area contributed by atoms with Gasteiger partial charge in [-0.2, -0.15) is 0 Å². The highest BCUT2D eigenvalue weighted by atomic mass is 16.5. The third-order valence-corrected chi connectivity index (χ3v) is 3.43. The number of hydrogen-bond donors (Lipinski definition) is 0. The number of carbonyl (C=O) groups excluding carboxylic acids is 2. The molecule has 0 bridgehead atoms. The van der Waals surface area contributed by atoms with E-state index in [2.05, 4.69) is 0 Å². The second-order valence-corrected chi connectivity index (χ2v) is 6.28. The smallest absolute Gasteiger partial charge is 0.334 e. The predicted molar refractivity (Wildman–Crippen MR) is 93.1 cm³/mol. The van der Waals surface area contributed by atoms with E-state index < -0.39 is 0 Å². The standard InChI is InChI=1S/C19H34O4/c1-6-9-12-22-18(20)16(11-8-3)17(14-15(4)5)19(21)23-13-10-7-2/h15H,6-14H2,1-5H3/b17-16-. The minimum atomic E-state index is -0.358. The molecule has 0 saturated carbocycles. The second-order valence-electron chi connectivity index (χ2n) is 6.28. The van der Waals surface area contributed by atoms with Gasteiger partial charge in [-0.15, -0.1) is 0 Å². The summed E-state index contributed by atoms with van der Waals surface area (Å²) in [6.07, 6.45) is 5.51. The first kappa shape index (κ1) is 21.7. The Labute approximate surface area is 141 Å². The van der Waals surface area contributed by atoms with E-state index in [-0.39, 0.29) is 17.9 Å². The minimum absolute atomic E-state index is 0.277. The highest BCUT2D eigenvalue weighted by molar-refractivity contribution is 6.00. The van der Waals surface area contributed by atoms with E-state index in [1.807, 2.05) is 34.6 Å². The van der Waals surface area contributed by atoms with Crippen LogP contribution in [-0.2, 0) is 19.1 Å². The highest BCUT2D eigenvalue weighted by Gasteiger charge is 2.23. The van der Waals surface area contributed by atoms with Crippen molar-refractivity contribution in [2.75, 3.05) is 13.2 Å². The maximum absolute atomic E-state index is 12.4. The molecule has 0 aromatic carbocycles. The van der Waals surface area contributed by atoms with Gasteiger partial charge >= 0.3 is 11.9 Å². The maximum atomic E-state index is 12.4. The van der Waals surface area contributed by atoms with Gasteiger partial charge in [0.1, 0.15) is 0 Å². The van der Waals surface area contributed by atoms with Gasteiger partial charge in [0.15, 0.2) is 0 Å². The van der Waals surface area contributed by atoms with Gasteiger partial charge in [0.25, 0.3) is 0 Å². The van der Waals surface area contributed by atoms with Crippen LogP contribution < -0.4 is 0 Å². The number of esters is 2. The molecule has 0 aromatic heterocycles. The number of hydrogen-bond acceptors (Lipinski definition) is 4. The molecule has 0 N–H and O–H groups in total. The maximum Gasteiger partial charge on any atom is 0.334 e. The largest absolute Gasteiger partial charge is 0.462 e. The fraction of sp³-hybridized carbons (Fsp3) is 0.789. The van der Waals surface area contributed by atoms with Crippen LogP contribution in [-0.4, -0.2) is 25.2 Å². The van der Waals surface area contributed by atoms with Crippen molar-refractivity contribution in [3.05, 3.63) is 11.1 Å². The van der Waals surface area contributed by atoms with Crippen LogP contribution in [0.25, 0.3) is 0 Å². The average molecular weight is 326 g/mol. The molecule has 0 atom stereocenters. The highest BCUT2D eigenvalue weighted by Crippen LogP contribution is 2.22. The fourth-order valence-electron chi connectivity index (χ4n) is 2.16. The molecule has 23 heavy (non-hydrogen) atoms. The number of carbonyl (C=O) groups is 2. The van der Waals surface area contributed by atoms with Crippen molar-refractivity contribution >= 4 is 11.9 Å². The Bertz CT molecular complexity index is 383. The normalized spacial score (nSPS) is 12.1. The molecule has 0 radical (unpaired) electrons. The molecule has 0 rings (SSSR count). The van der Waals surface area contributed by atoms with Crippen molar-refractivity contribution < 1.29 is 19.1 Å². The zero-order valence-electron chi connectivity index (χ0n) is 15.6. The summed E-state index contributed by atoms with van der Waals surface area (Å²) in [5.41, 5.74) is 0.998. The van der Waals surface area contributed by atoms with Gasteiger partial charge in [-0.3, -0.25) is 0 Å². The molecule has 0 spiro atoms. The third-order valence-electron chi connectivity index (χ3n) is 3.43. The van der Waals surface area contributed by atoms with Gasteiger partial charge in [-0.25, -0.2) is 9.59 Å². The van der Waals surface area contributed by atoms with E-state index in [4.69, 9.17) is 9.47 Å². The molecular formula is C19H34O4. The lowest BCUT2D eigenvalue weighted by atomic mass is 9.95. The van der Waals surface area contributed by atoms with Crippen LogP contribution in [0.4, 0.5) is 0 Å². The van der Waals surface area contributed by atoms with E-state index in [0.717, 1.165) is 32.1 Å². The Kier molecular flexibility index (Phi) is 12.4. The fourth-order valence-corrected chi connectivity index (χ4v) is 2.16. The van der Waals surface area contributed by atoms with Crippen LogP contribution >= 0.6 is 0 Å². The topological polar surface area (TPSA) is 52.6 Å². The Morgan fingerprint density at radius 3 is 1.65 bits per heavy atom. The summed E-state index contributed by atoms with van der Waals surface area (Å²) in [6, 6.07) is 0. The van der Waals surface area contributed by atoms with Crippen LogP contribution in [0.15, 0.2) is 11.1 Å². The SMILES string of the molecule is CCCCOC(=O)/C(CCC)=C(/CC(C)C)C(=O)OCCCC. The van der Waals surface area contributed by atoms with Crippen molar-refractivity contribution in [1.82, 2.24) is 0 Å². The minimum Gasteiger partial charge on any atom is -0.462 e. The average Bonchev–Trinajstić information content (AvgIpc) is 2.50. The Morgan fingerprint density at radius 1 is 0.783 bits per heavy atom. The lowest BCUT2D eigenvalue weighted by Gasteiger charge is -2.16. The first-order valence-corrected chi connectivity index (χ1v) is 9.04. The third kappa shape index (κ3) is 9.42. The summed E-state index contributed by atoms with van der Waals surface area (Å²) in [5, 5.41) is 0. The molecular weight excluding hydrogens is 292 g/mol. The predicted octanol–water partition coefficient (Wildman–Crippen LogP) is 4.82. The first-order valence-electron chi connectivity index (χ1n) is 9.04. The van der Waals surface area contributed by atoms with Crippen LogP contribution in [0.3, 0.4) is 0 Å². The molecule has 0 aliphatic carbocycles. The number of rotatable bonds is 12. The van der Waals surface area contributed by atoms with E-state index >= 15 is 0 Å². The molecule has 0 aromatic rings. The number of ether oxygens (including phenoxy) is 2. The molecule has 4 nitrogen and oxygen atoms in total. The molecule has 0 aliphatic rings. The molecule has 0 heterocycles. The zero-order valence-corrected chi connectivity index (χ0v) is 15.6. The molecule has 0 amide bonds. The van der Waals surface area contributed by atoms with Gasteiger partial charge in [-0.05, 0) is 31.6 Å². The zero-order chi connectivity index (χ0) is 17.7. The van der Waals surface area contributed by atoms with Crippen molar-refractivity contribution in [2.24, 2.45) is 5.92 Å². The summed E-state index contributed by atoms with van der Waals surface area (Å²) in [7, 11) is 0. The molecule has 0 fully saturated rings. The van der Waals surface area contributed by atoms with Crippen LogP contribution in [0.5, 0.6) is 0 Å². The lowest BCUT2D eigenvalue weighted by Crippen LogP contribution is -2.19. The molecule has 0 aliphatic heterocycles. The quantitative estimate of drug-likeness (QED) is 0.293. The van der Waals surface area contributed by atoms with Gasteiger partial charge in [-0.1, -0.05) is 53.9 Å². The summed E-state index contributed by atoms with van der Waals surface area (Å²) >= 11 is 0. The molecule has 0 saturated heterocycles.